The first-order valence-electron chi connectivity index (χ1n) is 4.96. The van der Waals surface area contributed by atoms with Crippen LogP contribution in [0, 0.1) is 5.41 Å². The van der Waals surface area contributed by atoms with E-state index in [1.807, 2.05) is 30.3 Å². The number of nitrogens with two attached hydrogens (primary N) is 1. The van der Waals surface area contributed by atoms with Gasteiger partial charge in [0.15, 0.2) is 0 Å². The SMILES string of the molecule is CC(C)(C)C(CN)Oc1ccccc1. The number of ether oxygens (including phenoxy) is 1. The summed E-state index contributed by atoms with van der Waals surface area (Å²) in [5.74, 6) is 0.887. The Morgan fingerprint density at radius 2 is 1.79 bits per heavy atom. The van der Waals surface area contributed by atoms with Crippen LogP contribution in [0.1, 0.15) is 20.8 Å². The van der Waals surface area contributed by atoms with Crippen LogP contribution in [0.2, 0.25) is 0 Å². The average Bonchev–Trinajstić information content (AvgIpc) is 2.14. The molecule has 0 saturated carbocycles. The Balaban J connectivity index is 2.67. The van der Waals surface area contributed by atoms with Crippen molar-refractivity contribution in [3.05, 3.63) is 30.3 Å². The molecule has 0 aliphatic carbocycles. The standard InChI is InChI=1S/C12H19NO/c1-12(2,3)11(9-13)14-10-7-5-4-6-8-10/h4-8,11H,9,13H2,1-3H3. The number of rotatable bonds is 3. The molecule has 0 saturated heterocycles. The number of hydrogen-bond donors (Lipinski definition) is 1. The predicted molar refractivity (Wildman–Crippen MR) is 59.4 cm³/mol. The Kier molecular flexibility index (Phi) is 3.53. The van der Waals surface area contributed by atoms with Crippen molar-refractivity contribution in [2.75, 3.05) is 6.54 Å². The molecule has 1 rings (SSSR count). The number of benzene rings is 1. The molecule has 2 heteroatoms. The zero-order valence-electron chi connectivity index (χ0n) is 9.16. The zero-order chi connectivity index (χ0) is 10.6. The van der Waals surface area contributed by atoms with Gasteiger partial charge in [0.2, 0.25) is 0 Å². The summed E-state index contributed by atoms with van der Waals surface area (Å²) in [6.45, 7) is 6.94. The van der Waals surface area contributed by atoms with Crippen LogP contribution >= 0.6 is 0 Å². The third kappa shape index (κ3) is 3.04. The Morgan fingerprint density at radius 3 is 2.21 bits per heavy atom. The monoisotopic (exact) mass is 193 g/mol. The largest absolute Gasteiger partial charge is 0.489 e. The maximum absolute atomic E-state index is 5.80. The molecule has 0 spiro atoms. The molecule has 2 nitrogen and oxygen atoms in total. The van der Waals surface area contributed by atoms with Gasteiger partial charge >= 0.3 is 0 Å². The minimum atomic E-state index is 0.0601. The van der Waals surface area contributed by atoms with Crippen LogP contribution in [-0.4, -0.2) is 12.6 Å². The third-order valence-corrected chi connectivity index (χ3v) is 2.20. The molecule has 0 aliphatic rings. The number of para-hydroxylation sites is 1. The van der Waals surface area contributed by atoms with Crippen molar-refractivity contribution >= 4 is 0 Å². The van der Waals surface area contributed by atoms with Gasteiger partial charge in [-0.3, -0.25) is 0 Å². The van der Waals surface area contributed by atoms with E-state index >= 15 is 0 Å². The molecule has 1 atom stereocenters. The Morgan fingerprint density at radius 1 is 1.21 bits per heavy atom. The van der Waals surface area contributed by atoms with Crippen LogP contribution in [-0.2, 0) is 0 Å². The van der Waals surface area contributed by atoms with Gasteiger partial charge in [-0.2, -0.15) is 0 Å². The van der Waals surface area contributed by atoms with E-state index in [2.05, 4.69) is 20.8 Å². The molecule has 0 amide bonds. The second kappa shape index (κ2) is 4.47. The van der Waals surface area contributed by atoms with Crippen molar-refractivity contribution < 1.29 is 4.74 Å². The van der Waals surface area contributed by atoms with Crippen molar-refractivity contribution in [3.63, 3.8) is 0 Å². The Labute approximate surface area is 86.1 Å². The maximum atomic E-state index is 5.80. The van der Waals surface area contributed by atoms with Crippen molar-refractivity contribution in [3.8, 4) is 5.75 Å². The van der Waals surface area contributed by atoms with Crippen molar-refractivity contribution in [1.82, 2.24) is 0 Å². The molecule has 1 aromatic rings. The van der Waals surface area contributed by atoms with Crippen LogP contribution < -0.4 is 10.5 Å². The molecule has 0 bridgehead atoms. The van der Waals surface area contributed by atoms with Gasteiger partial charge in [-0.05, 0) is 12.1 Å². The lowest BCUT2D eigenvalue weighted by atomic mass is 9.89. The van der Waals surface area contributed by atoms with E-state index in [1.165, 1.54) is 0 Å². The van der Waals surface area contributed by atoms with Crippen molar-refractivity contribution in [1.29, 1.82) is 0 Å². The molecule has 0 aliphatic heterocycles. The predicted octanol–water partition coefficient (Wildman–Crippen LogP) is 2.44. The fourth-order valence-electron chi connectivity index (χ4n) is 1.24. The lowest BCUT2D eigenvalue weighted by Crippen LogP contribution is -2.38. The maximum Gasteiger partial charge on any atom is 0.119 e. The molecule has 0 radical (unpaired) electrons. The van der Waals surface area contributed by atoms with E-state index in [-0.39, 0.29) is 11.5 Å². The molecular formula is C12H19NO. The highest BCUT2D eigenvalue weighted by Gasteiger charge is 2.24. The smallest absolute Gasteiger partial charge is 0.119 e. The van der Waals surface area contributed by atoms with Crippen LogP contribution in [0.5, 0.6) is 5.75 Å². The van der Waals surface area contributed by atoms with Gasteiger partial charge in [0.05, 0.1) is 0 Å². The van der Waals surface area contributed by atoms with Gasteiger partial charge in [-0.25, -0.2) is 0 Å². The van der Waals surface area contributed by atoms with Gasteiger partial charge in [0.1, 0.15) is 11.9 Å². The van der Waals surface area contributed by atoms with Crippen molar-refractivity contribution in [2.24, 2.45) is 11.1 Å². The first-order chi connectivity index (χ1) is 6.54. The van der Waals surface area contributed by atoms with E-state index in [0.29, 0.717) is 6.54 Å². The fraction of sp³-hybridized carbons (Fsp3) is 0.500. The summed E-state index contributed by atoms with van der Waals surface area (Å²) in [5.41, 5.74) is 5.76. The zero-order valence-corrected chi connectivity index (χ0v) is 9.16. The van der Waals surface area contributed by atoms with Crippen LogP contribution in [0.25, 0.3) is 0 Å². The molecule has 1 unspecified atom stereocenters. The average molecular weight is 193 g/mol. The normalized spacial score (nSPS) is 13.7. The highest BCUT2D eigenvalue weighted by atomic mass is 16.5. The summed E-state index contributed by atoms with van der Waals surface area (Å²) < 4.78 is 5.80. The quantitative estimate of drug-likeness (QED) is 0.800. The van der Waals surface area contributed by atoms with Gasteiger partial charge in [-0.1, -0.05) is 39.0 Å². The summed E-state index contributed by atoms with van der Waals surface area (Å²) in [4.78, 5) is 0. The van der Waals surface area contributed by atoms with E-state index < -0.39 is 0 Å². The van der Waals surface area contributed by atoms with Crippen LogP contribution in [0.15, 0.2) is 30.3 Å². The molecule has 0 aromatic heterocycles. The molecule has 1 aromatic carbocycles. The fourth-order valence-corrected chi connectivity index (χ4v) is 1.24. The molecule has 0 fully saturated rings. The van der Waals surface area contributed by atoms with Gasteiger partial charge in [0, 0.05) is 12.0 Å². The molecule has 0 heterocycles. The van der Waals surface area contributed by atoms with Gasteiger partial charge < -0.3 is 10.5 Å². The van der Waals surface area contributed by atoms with E-state index in [0.717, 1.165) is 5.75 Å². The second-order valence-electron chi connectivity index (χ2n) is 4.52. The van der Waals surface area contributed by atoms with Crippen LogP contribution in [0.4, 0.5) is 0 Å². The Bertz CT molecular complexity index is 263. The lowest BCUT2D eigenvalue weighted by Gasteiger charge is -2.30. The van der Waals surface area contributed by atoms with Crippen LogP contribution in [0.3, 0.4) is 0 Å². The third-order valence-electron chi connectivity index (χ3n) is 2.20. The number of hydrogen-bond acceptors (Lipinski definition) is 2. The Hall–Kier alpha value is -1.02. The second-order valence-corrected chi connectivity index (χ2v) is 4.52. The highest BCUT2D eigenvalue weighted by molar-refractivity contribution is 5.21. The van der Waals surface area contributed by atoms with Crippen molar-refractivity contribution in [2.45, 2.75) is 26.9 Å². The summed E-state index contributed by atoms with van der Waals surface area (Å²) in [5, 5.41) is 0. The van der Waals surface area contributed by atoms with Gasteiger partial charge in [-0.15, -0.1) is 0 Å². The summed E-state index contributed by atoms with van der Waals surface area (Å²) >= 11 is 0. The molecule has 2 N–H and O–H groups in total. The van der Waals surface area contributed by atoms with E-state index in [1.54, 1.807) is 0 Å². The highest BCUT2D eigenvalue weighted by Crippen LogP contribution is 2.23. The summed E-state index contributed by atoms with van der Waals surface area (Å²) in [6, 6.07) is 9.81. The molecule has 78 valence electrons. The molecule has 14 heavy (non-hydrogen) atoms. The molecular weight excluding hydrogens is 174 g/mol. The first kappa shape index (κ1) is 11.1. The van der Waals surface area contributed by atoms with E-state index in [4.69, 9.17) is 10.5 Å². The lowest BCUT2D eigenvalue weighted by molar-refractivity contribution is 0.0942. The topological polar surface area (TPSA) is 35.2 Å². The van der Waals surface area contributed by atoms with Gasteiger partial charge in [0.25, 0.3) is 0 Å². The van der Waals surface area contributed by atoms with E-state index in [9.17, 15) is 0 Å². The summed E-state index contributed by atoms with van der Waals surface area (Å²) in [6.07, 6.45) is 0.0601. The minimum Gasteiger partial charge on any atom is -0.489 e. The summed E-state index contributed by atoms with van der Waals surface area (Å²) in [7, 11) is 0. The minimum absolute atomic E-state index is 0.0601. The first-order valence-corrected chi connectivity index (χ1v) is 4.96.